The molecule has 0 radical (unpaired) electrons. The maximum atomic E-state index is 12.5. The quantitative estimate of drug-likeness (QED) is 0.264. The van der Waals surface area contributed by atoms with Gasteiger partial charge in [-0.2, -0.15) is 0 Å². The molecule has 4 aromatic rings. The molecule has 0 atom stereocenters. The van der Waals surface area contributed by atoms with Crippen LogP contribution in [0.5, 0.6) is 5.75 Å². The molecule has 0 saturated carbocycles. The largest absolute Gasteiger partial charge is 0.506 e. The van der Waals surface area contributed by atoms with Gasteiger partial charge < -0.3 is 9.52 Å². The Kier molecular flexibility index (Phi) is 5.52. The summed E-state index contributed by atoms with van der Waals surface area (Å²) in [6, 6.07) is 14.2. The number of halogens is 1. The molecule has 0 saturated heterocycles. The van der Waals surface area contributed by atoms with Gasteiger partial charge in [0.2, 0.25) is 5.13 Å². The van der Waals surface area contributed by atoms with Gasteiger partial charge in [-0.05, 0) is 17.7 Å². The van der Waals surface area contributed by atoms with E-state index < -0.39 is 22.8 Å². The second-order valence-corrected chi connectivity index (χ2v) is 8.49. The molecule has 0 unspecified atom stereocenters. The van der Waals surface area contributed by atoms with Crippen molar-refractivity contribution in [2.45, 2.75) is 10.1 Å². The Morgan fingerprint density at radius 2 is 2.00 bits per heavy atom. The van der Waals surface area contributed by atoms with E-state index in [9.17, 15) is 14.7 Å². The van der Waals surface area contributed by atoms with Crippen LogP contribution in [0.4, 0.5) is 5.13 Å². The van der Waals surface area contributed by atoms with Crippen LogP contribution in [0.1, 0.15) is 15.9 Å². The van der Waals surface area contributed by atoms with E-state index in [-0.39, 0.29) is 16.1 Å². The van der Waals surface area contributed by atoms with Crippen LogP contribution in [0, 0.1) is 0 Å². The van der Waals surface area contributed by atoms with Gasteiger partial charge in [-0.25, -0.2) is 4.79 Å². The number of thioether (sulfide) groups is 1. The van der Waals surface area contributed by atoms with Crippen LogP contribution in [0.3, 0.4) is 0 Å². The van der Waals surface area contributed by atoms with Crippen molar-refractivity contribution >= 4 is 56.7 Å². The smallest absolute Gasteiger partial charge is 0.353 e. The topological polar surface area (TPSA) is 105 Å². The number of amides is 1. The molecule has 0 aliphatic heterocycles. The van der Waals surface area contributed by atoms with Crippen molar-refractivity contribution in [3.63, 3.8) is 0 Å². The highest BCUT2D eigenvalue weighted by molar-refractivity contribution is 8.00. The van der Waals surface area contributed by atoms with Crippen LogP contribution < -0.4 is 10.9 Å². The molecule has 0 aliphatic carbocycles. The monoisotopic (exact) mass is 445 g/mol. The molecule has 10 heteroatoms. The molecule has 2 aromatic heterocycles. The third kappa shape index (κ3) is 4.26. The highest BCUT2D eigenvalue weighted by Crippen LogP contribution is 2.31. The molecule has 0 aliphatic rings. The van der Waals surface area contributed by atoms with Crippen LogP contribution in [0.15, 0.2) is 62.1 Å². The van der Waals surface area contributed by atoms with Gasteiger partial charge in [-0.15, -0.1) is 10.2 Å². The third-order valence-electron chi connectivity index (χ3n) is 3.90. The molecular weight excluding hydrogens is 434 g/mol. The van der Waals surface area contributed by atoms with Crippen molar-refractivity contribution < 1.29 is 14.3 Å². The Morgan fingerprint density at radius 1 is 1.21 bits per heavy atom. The molecule has 29 heavy (non-hydrogen) atoms. The lowest BCUT2D eigenvalue weighted by Crippen LogP contribution is -2.21. The van der Waals surface area contributed by atoms with Gasteiger partial charge >= 0.3 is 5.63 Å². The number of nitrogens with one attached hydrogen (secondary N) is 1. The first kappa shape index (κ1) is 19.4. The van der Waals surface area contributed by atoms with Crippen molar-refractivity contribution in [3.8, 4) is 5.75 Å². The van der Waals surface area contributed by atoms with Crippen LogP contribution in [0.25, 0.3) is 11.0 Å². The average Bonchev–Trinajstić information content (AvgIpc) is 3.14. The molecule has 1 amide bonds. The summed E-state index contributed by atoms with van der Waals surface area (Å²) in [6.45, 7) is 0. The van der Waals surface area contributed by atoms with Gasteiger partial charge in [0.25, 0.3) is 5.91 Å². The minimum Gasteiger partial charge on any atom is -0.506 e. The number of hydrogen-bond acceptors (Lipinski definition) is 8. The van der Waals surface area contributed by atoms with Gasteiger partial charge in [0.05, 0.1) is 5.39 Å². The van der Waals surface area contributed by atoms with Crippen LogP contribution >= 0.6 is 34.7 Å². The minimum atomic E-state index is -0.974. The number of aromatic hydroxyl groups is 1. The molecule has 2 aromatic carbocycles. The minimum absolute atomic E-state index is 0.0899. The fourth-order valence-electron chi connectivity index (χ4n) is 2.56. The zero-order valence-electron chi connectivity index (χ0n) is 14.6. The average molecular weight is 446 g/mol. The summed E-state index contributed by atoms with van der Waals surface area (Å²) in [5.74, 6) is -0.599. The first-order valence-corrected chi connectivity index (χ1v) is 10.5. The Hall–Kier alpha value is -2.88. The van der Waals surface area contributed by atoms with Gasteiger partial charge in [-0.3, -0.25) is 10.1 Å². The summed E-state index contributed by atoms with van der Waals surface area (Å²) < 4.78 is 5.77. The number of rotatable bonds is 5. The van der Waals surface area contributed by atoms with E-state index in [0.717, 1.165) is 5.56 Å². The van der Waals surface area contributed by atoms with Crippen LogP contribution in [-0.4, -0.2) is 21.2 Å². The predicted octanol–water partition coefficient (Wildman–Crippen LogP) is 4.55. The lowest BCUT2D eigenvalue weighted by molar-refractivity contribution is 0.102. The molecule has 2 N–H and O–H groups in total. The predicted molar refractivity (Wildman–Crippen MR) is 113 cm³/mol. The SMILES string of the molecule is O=C(Nc1nnc(SCc2ccccc2)s1)c1c(O)c2ccc(Cl)cc2oc1=O. The number of carbonyl (C=O) groups is 1. The highest BCUT2D eigenvalue weighted by Gasteiger charge is 2.22. The van der Waals surface area contributed by atoms with Crippen molar-refractivity contribution in [3.05, 3.63) is 75.1 Å². The first-order valence-electron chi connectivity index (χ1n) is 8.28. The number of anilines is 1. The summed E-state index contributed by atoms with van der Waals surface area (Å²) >= 11 is 8.51. The Labute approximate surface area is 177 Å². The van der Waals surface area contributed by atoms with Crippen molar-refractivity contribution in [2.24, 2.45) is 0 Å². The molecule has 0 bridgehead atoms. The zero-order chi connectivity index (χ0) is 20.4. The summed E-state index contributed by atoms with van der Waals surface area (Å²) in [6.07, 6.45) is 0. The molecule has 0 fully saturated rings. The van der Waals surface area contributed by atoms with Crippen molar-refractivity contribution in [1.29, 1.82) is 0 Å². The number of benzene rings is 2. The van der Waals surface area contributed by atoms with E-state index in [4.69, 9.17) is 16.0 Å². The fourth-order valence-corrected chi connectivity index (χ4v) is 4.42. The third-order valence-corrected chi connectivity index (χ3v) is 6.18. The van der Waals surface area contributed by atoms with E-state index in [0.29, 0.717) is 15.1 Å². The summed E-state index contributed by atoms with van der Waals surface area (Å²) in [5.41, 5.74) is -0.254. The van der Waals surface area contributed by atoms with E-state index >= 15 is 0 Å². The number of nitrogens with zero attached hydrogens (tertiary/aromatic N) is 2. The highest BCUT2D eigenvalue weighted by atomic mass is 35.5. The summed E-state index contributed by atoms with van der Waals surface area (Å²) in [4.78, 5) is 24.7. The van der Waals surface area contributed by atoms with E-state index in [1.54, 1.807) is 0 Å². The molecule has 4 rings (SSSR count). The second-order valence-electron chi connectivity index (χ2n) is 5.86. The Bertz CT molecular complexity index is 1260. The van der Waals surface area contributed by atoms with E-state index in [2.05, 4.69) is 15.5 Å². The van der Waals surface area contributed by atoms with E-state index in [1.807, 2.05) is 30.3 Å². The molecule has 0 spiro atoms. The number of hydrogen-bond donors (Lipinski definition) is 2. The summed E-state index contributed by atoms with van der Waals surface area (Å²) in [5, 5.41) is 21.5. The molecule has 7 nitrogen and oxygen atoms in total. The second kappa shape index (κ2) is 8.24. The van der Waals surface area contributed by atoms with Gasteiger partial charge in [0, 0.05) is 16.8 Å². The van der Waals surface area contributed by atoms with E-state index in [1.165, 1.54) is 41.3 Å². The van der Waals surface area contributed by atoms with Crippen LogP contribution in [0.2, 0.25) is 5.02 Å². The Balaban J connectivity index is 1.52. The Morgan fingerprint density at radius 3 is 2.79 bits per heavy atom. The van der Waals surface area contributed by atoms with Crippen molar-refractivity contribution in [2.75, 3.05) is 5.32 Å². The summed E-state index contributed by atoms with van der Waals surface area (Å²) in [7, 11) is 0. The maximum absolute atomic E-state index is 12.5. The number of aromatic nitrogens is 2. The lowest BCUT2D eigenvalue weighted by Gasteiger charge is -2.06. The van der Waals surface area contributed by atoms with Crippen LogP contribution in [-0.2, 0) is 5.75 Å². The molecular formula is C19H12ClN3O4S2. The molecule has 2 heterocycles. The fraction of sp³-hybridized carbons (Fsp3) is 0.0526. The van der Waals surface area contributed by atoms with Gasteiger partial charge in [0.1, 0.15) is 11.3 Å². The first-order chi connectivity index (χ1) is 14.0. The van der Waals surface area contributed by atoms with Crippen molar-refractivity contribution in [1.82, 2.24) is 10.2 Å². The number of fused-ring (bicyclic) bond motifs is 1. The van der Waals surface area contributed by atoms with Gasteiger partial charge in [-0.1, -0.05) is 65.0 Å². The normalized spacial score (nSPS) is 10.9. The number of carbonyl (C=O) groups excluding carboxylic acids is 1. The standard InChI is InChI=1S/C19H12ClN3O4S2/c20-11-6-7-12-13(8-11)27-17(26)14(15(12)24)16(25)21-18-22-23-19(29-18)28-9-10-4-2-1-3-5-10/h1-8,24H,9H2,(H,21,22,25). The maximum Gasteiger partial charge on any atom is 0.353 e. The van der Waals surface area contributed by atoms with Gasteiger partial charge in [0.15, 0.2) is 9.90 Å². The lowest BCUT2D eigenvalue weighted by atomic mass is 10.1. The zero-order valence-corrected chi connectivity index (χ0v) is 17.0. The molecule has 146 valence electrons.